The number of nitrogens with one attached hydrogen (secondary N) is 1. The average molecular weight is 332 g/mol. The molecule has 120 valence electrons. The van der Waals surface area contributed by atoms with Gasteiger partial charge in [-0.25, -0.2) is 0 Å². The Morgan fingerprint density at radius 2 is 1.74 bits per heavy atom. The molecule has 0 aromatic heterocycles. The highest BCUT2D eigenvalue weighted by molar-refractivity contribution is 5.92. The predicted octanol–water partition coefficient (Wildman–Crippen LogP) is 3.06. The van der Waals surface area contributed by atoms with Gasteiger partial charge in [0.25, 0.3) is 5.91 Å². The Balaban J connectivity index is 0.00000264. The zero-order chi connectivity index (χ0) is 15.9. The maximum atomic E-state index is 11.8. The van der Waals surface area contributed by atoms with Gasteiger partial charge in [-0.15, -0.1) is 12.4 Å². The van der Waals surface area contributed by atoms with Gasteiger partial charge in [-0.05, 0) is 48.5 Å². The van der Waals surface area contributed by atoms with Gasteiger partial charge in [0.1, 0.15) is 5.75 Å². The lowest BCUT2D eigenvalue weighted by molar-refractivity contribution is -0.118. The number of carbonyl (C=O) groups excluding carboxylic acids is 1. The first-order chi connectivity index (χ1) is 10.6. The van der Waals surface area contributed by atoms with Crippen LogP contribution in [0.3, 0.4) is 0 Å². The van der Waals surface area contributed by atoms with E-state index in [9.17, 15) is 4.79 Å². The second-order valence-corrected chi connectivity index (χ2v) is 4.91. The topological polar surface area (TPSA) is 65.4 Å². The fourth-order valence-electron chi connectivity index (χ4n) is 1.81. The molecule has 0 spiro atoms. The van der Waals surface area contributed by atoms with Gasteiger partial charge in [0, 0.05) is 25.5 Å². The lowest BCUT2D eigenvalue weighted by atomic mass is 10.2. The molecule has 2 aromatic rings. The van der Waals surface area contributed by atoms with Crippen LogP contribution in [0.2, 0.25) is 0 Å². The summed E-state index contributed by atoms with van der Waals surface area (Å²) in [6.45, 7) is -0.0820. The van der Waals surface area contributed by atoms with Gasteiger partial charge in [0.15, 0.2) is 6.61 Å². The van der Waals surface area contributed by atoms with E-state index < -0.39 is 0 Å². The minimum atomic E-state index is -0.234. The number of carbonyl (C=O) groups is 1. The van der Waals surface area contributed by atoms with Crippen LogP contribution in [0.4, 0.5) is 11.4 Å². The first-order valence-corrected chi connectivity index (χ1v) is 6.78. The van der Waals surface area contributed by atoms with Crippen LogP contribution in [-0.4, -0.2) is 26.6 Å². The lowest BCUT2D eigenvalue weighted by Gasteiger charge is -2.13. The molecule has 5 nitrogen and oxygen atoms in total. The van der Waals surface area contributed by atoms with E-state index in [0.29, 0.717) is 11.3 Å². The van der Waals surface area contributed by atoms with Crippen LogP contribution in [-0.2, 0) is 4.79 Å². The number of halogens is 1. The van der Waals surface area contributed by atoms with Gasteiger partial charge in [-0.1, -0.05) is 0 Å². The van der Waals surface area contributed by atoms with E-state index in [1.165, 1.54) is 0 Å². The molecule has 0 bridgehead atoms. The molecule has 0 aliphatic heterocycles. The molecular weight excluding hydrogens is 314 g/mol. The number of benzene rings is 2. The van der Waals surface area contributed by atoms with Crippen LogP contribution in [0, 0.1) is 11.3 Å². The summed E-state index contributed by atoms with van der Waals surface area (Å²) in [5, 5.41) is 11.5. The zero-order valence-corrected chi connectivity index (χ0v) is 13.8. The highest BCUT2D eigenvalue weighted by Gasteiger charge is 2.04. The maximum Gasteiger partial charge on any atom is 0.262 e. The van der Waals surface area contributed by atoms with Gasteiger partial charge in [-0.3, -0.25) is 4.79 Å². The normalized spacial score (nSPS) is 9.26. The van der Waals surface area contributed by atoms with Crippen molar-refractivity contribution in [2.45, 2.75) is 0 Å². The summed E-state index contributed by atoms with van der Waals surface area (Å²) in [5.74, 6) is 0.319. The van der Waals surface area contributed by atoms with Gasteiger partial charge >= 0.3 is 0 Å². The van der Waals surface area contributed by atoms with Crippen molar-refractivity contribution in [2.24, 2.45) is 0 Å². The van der Waals surface area contributed by atoms with Crippen molar-refractivity contribution in [1.82, 2.24) is 0 Å². The molecule has 1 N–H and O–H groups in total. The number of rotatable bonds is 5. The lowest BCUT2D eigenvalue weighted by Crippen LogP contribution is -2.20. The smallest absolute Gasteiger partial charge is 0.262 e. The van der Waals surface area contributed by atoms with Gasteiger partial charge in [-0.2, -0.15) is 5.26 Å². The fourth-order valence-corrected chi connectivity index (χ4v) is 1.81. The van der Waals surface area contributed by atoms with E-state index in [1.807, 2.05) is 49.3 Å². The van der Waals surface area contributed by atoms with Crippen LogP contribution < -0.4 is 15.0 Å². The van der Waals surface area contributed by atoms with Crippen molar-refractivity contribution in [1.29, 1.82) is 5.26 Å². The summed E-state index contributed by atoms with van der Waals surface area (Å²) in [5.41, 5.74) is 2.34. The summed E-state index contributed by atoms with van der Waals surface area (Å²) in [6, 6.07) is 16.2. The number of hydrogen-bond donors (Lipinski definition) is 1. The van der Waals surface area contributed by atoms with E-state index in [2.05, 4.69) is 5.32 Å². The van der Waals surface area contributed by atoms with Gasteiger partial charge in [0.2, 0.25) is 0 Å². The number of anilines is 2. The van der Waals surface area contributed by atoms with Crippen molar-refractivity contribution in [3.8, 4) is 11.8 Å². The summed E-state index contributed by atoms with van der Waals surface area (Å²) < 4.78 is 5.37. The standard InChI is InChI=1S/C17H17N3O2.ClH/c1-20(2)15-7-5-14(6-8-15)19-17(21)12-22-16-9-3-13(11-18)4-10-16;/h3-10H,12H2,1-2H3,(H,19,21);1H. The molecule has 0 unspecified atom stereocenters. The summed E-state index contributed by atoms with van der Waals surface area (Å²) in [7, 11) is 3.91. The molecule has 6 heteroatoms. The molecule has 0 saturated heterocycles. The SMILES string of the molecule is CN(C)c1ccc(NC(=O)COc2ccc(C#N)cc2)cc1.Cl. The number of ether oxygens (including phenoxy) is 1. The molecule has 0 radical (unpaired) electrons. The molecule has 0 fully saturated rings. The van der Waals surface area contributed by atoms with Crippen molar-refractivity contribution in [2.75, 3.05) is 30.9 Å². The fraction of sp³-hybridized carbons (Fsp3) is 0.176. The molecule has 0 aliphatic rings. The number of nitriles is 1. The van der Waals surface area contributed by atoms with E-state index >= 15 is 0 Å². The predicted molar refractivity (Wildman–Crippen MR) is 93.3 cm³/mol. The molecule has 1 amide bonds. The minimum absolute atomic E-state index is 0. The van der Waals surface area contributed by atoms with Crippen molar-refractivity contribution in [3.05, 3.63) is 54.1 Å². The Bertz CT molecular complexity index is 676. The molecule has 0 saturated carbocycles. The first kappa shape index (κ1) is 18.3. The van der Waals surface area contributed by atoms with Crippen molar-refractivity contribution < 1.29 is 9.53 Å². The number of nitrogens with zero attached hydrogens (tertiary/aromatic N) is 2. The Labute approximate surface area is 141 Å². The highest BCUT2D eigenvalue weighted by atomic mass is 35.5. The van der Waals surface area contributed by atoms with Crippen LogP contribution in [0.5, 0.6) is 5.75 Å². The van der Waals surface area contributed by atoms with Crippen LogP contribution in [0.15, 0.2) is 48.5 Å². The Kier molecular flexibility index (Phi) is 6.91. The molecule has 2 rings (SSSR count). The largest absolute Gasteiger partial charge is 0.484 e. The Hall–Kier alpha value is -2.71. The van der Waals surface area contributed by atoms with Crippen molar-refractivity contribution >= 4 is 29.7 Å². The maximum absolute atomic E-state index is 11.8. The van der Waals surface area contributed by atoms with E-state index in [1.54, 1.807) is 24.3 Å². The van der Waals surface area contributed by atoms with Crippen LogP contribution in [0.1, 0.15) is 5.56 Å². The summed E-state index contributed by atoms with van der Waals surface area (Å²) in [6.07, 6.45) is 0. The first-order valence-electron chi connectivity index (χ1n) is 6.78. The van der Waals surface area contributed by atoms with E-state index in [-0.39, 0.29) is 24.9 Å². The molecular formula is C17H18ClN3O2. The second kappa shape index (κ2) is 8.66. The Morgan fingerprint density at radius 3 is 2.26 bits per heavy atom. The third kappa shape index (κ3) is 5.53. The van der Waals surface area contributed by atoms with Gasteiger partial charge < -0.3 is 15.0 Å². The van der Waals surface area contributed by atoms with Crippen LogP contribution >= 0.6 is 12.4 Å². The molecule has 0 heterocycles. The van der Waals surface area contributed by atoms with E-state index in [0.717, 1.165) is 11.4 Å². The average Bonchev–Trinajstić information content (AvgIpc) is 2.54. The monoisotopic (exact) mass is 331 g/mol. The quantitative estimate of drug-likeness (QED) is 0.914. The zero-order valence-electron chi connectivity index (χ0n) is 12.9. The highest BCUT2D eigenvalue weighted by Crippen LogP contribution is 2.16. The minimum Gasteiger partial charge on any atom is -0.484 e. The molecule has 2 aromatic carbocycles. The van der Waals surface area contributed by atoms with E-state index in [4.69, 9.17) is 10.00 Å². The third-order valence-corrected chi connectivity index (χ3v) is 3.02. The second-order valence-electron chi connectivity index (χ2n) is 4.91. The molecule has 23 heavy (non-hydrogen) atoms. The number of amides is 1. The summed E-state index contributed by atoms with van der Waals surface area (Å²) in [4.78, 5) is 13.8. The Morgan fingerprint density at radius 1 is 1.13 bits per heavy atom. The third-order valence-electron chi connectivity index (χ3n) is 3.02. The molecule has 0 atom stereocenters. The van der Waals surface area contributed by atoms with Crippen molar-refractivity contribution in [3.63, 3.8) is 0 Å². The summed E-state index contributed by atoms with van der Waals surface area (Å²) >= 11 is 0. The van der Waals surface area contributed by atoms with Crippen LogP contribution in [0.25, 0.3) is 0 Å². The molecule has 0 aliphatic carbocycles. The number of hydrogen-bond acceptors (Lipinski definition) is 4. The van der Waals surface area contributed by atoms with Gasteiger partial charge in [0.05, 0.1) is 11.6 Å².